The molecule has 1 fully saturated rings. The molecule has 7 nitrogen and oxygen atoms in total. The van der Waals surface area contributed by atoms with Crippen LogP contribution in [0.2, 0.25) is 6.82 Å². The molecule has 0 atom stereocenters. The lowest BCUT2D eigenvalue weighted by atomic mass is 9.64. The van der Waals surface area contributed by atoms with Gasteiger partial charge in [0.2, 0.25) is 5.69 Å². The van der Waals surface area contributed by atoms with Gasteiger partial charge >= 0.3 is 6.92 Å². The average molecular weight is 405 g/mol. The number of nitrogens with two attached hydrogens (primary N) is 1. The Balaban J connectivity index is 1.43. The maximum absolute atomic E-state index is 12.4. The molecule has 0 bridgehead atoms. The van der Waals surface area contributed by atoms with Crippen molar-refractivity contribution in [2.24, 2.45) is 5.73 Å². The largest absolute Gasteiger partial charge is 0.495 e. The van der Waals surface area contributed by atoms with E-state index in [0.717, 1.165) is 18.4 Å². The van der Waals surface area contributed by atoms with E-state index in [0.29, 0.717) is 42.6 Å². The number of hydrogen-bond acceptors (Lipinski definition) is 5. The molecule has 0 unspecified atom stereocenters. The van der Waals surface area contributed by atoms with Crippen LogP contribution >= 0.6 is 0 Å². The summed E-state index contributed by atoms with van der Waals surface area (Å²) >= 11 is 0. The van der Waals surface area contributed by atoms with Gasteiger partial charge in [-0.2, -0.15) is 0 Å². The van der Waals surface area contributed by atoms with E-state index in [4.69, 9.17) is 26.4 Å². The summed E-state index contributed by atoms with van der Waals surface area (Å²) in [6, 6.07) is 11.0. The van der Waals surface area contributed by atoms with Crippen molar-refractivity contribution in [2.45, 2.75) is 32.3 Å². The zero-order valence-electron chi connectivity index (χ0n) is 17.0. The molecule has 8 heteroatoms. The second-order valence-corrected chi connectivity index (χ2v) is 7.66. The maximum atomic E-state index is 12.4. The van der Waals surface area contributed by atoms with Crippen molar-refractivity contribution in [2.75, 3.05) is 19.7 Å². The highest BCUT2D eigenvalue weighted by molar-refractivity contribution is 6.67. The van der Waals surface area contributed by atoms with E-state index in [1.807, 2.05) is 25.0 Å². The van der Waals surface area contributed by atoms with E-state index in [9.17, 15) is 4.79 Å². The normalized spacial score (nSPS) is 16.2. The van der Waals surface area contributed by atoms with E-state index in [2.05, 4.69) is 4.85 Å². The van der Waals surface area contributed by atoms with Crippen LogP contribution in [-0.2, 0) is 16.1 Å². The second kappa shape index (κ2) is 8.78. The minimum Gasteiger partial charge on any atom is -0.495 e. The number of nitrogens with zero attached hydrogens (tertiary/aromatic N) is 2. The van der Waals surface area contributed by atoms with E-state index in [1.54, 1.807) is 23.1 Å². The van der Waals surface area contributed by atoms with Crippen molar-refractivity contribution >= 4 is 24.0 Å². The summed E-state index contributed by atoms with van der Waals surface area (Å²) in [6.45, 7) is 11.2. The summed E-state index contributed by atoms with van der Waals surface area (Å²) in [5.74, 6) is 1.47. The van der Waals surface area contributed by atoms with Crippen LogP contribution in [0.1, 0.15) is 18.4 Å². The van der Waals surface area contributed by atoms with Crippen LogP contribution in [0, 0.1) is 6.57 Å². The van der Waals surface area contributed by atoms with Gasteiger partial charge in [-0.15, -0.1) is 0 Å². The number of fused-ring (bicyclic) bond motifs is 1. The molecule has 0 spiro atoms. The zero-order chi connectivity index (χ0) is 21.1. The highest BCUT2D eigenvalue weighted by Gasteiger charge is 2.24. The third-order valence-electron chi connectivity index (χ3n) is 5.57. The first-order valence-corrected chi connectivity index (χ1v) is 10.1. The Kier molecular flexibility index (Phi) is 5.93. The highest BCUT2D eigenvalue weighted by atomic mass is 16.5. The van der Waals surface area contributed by atoms with Crippen molar-refractivity contribution in [1.82, 2.24) is 4.90 Å². The van der Waals surface area contributed by atoms with Crippen LogP contribution in [0.15, 0.2) is 36.4 Å². The fraction of sp³-hybridized carbons (Fsp3) is 0.364. The highest BCUT2D eigenvalue weighted by Crippen LogP contribution is 2.34. The van der Waals surface area contributed by atoms with Gasteiger partial charge in [0.1, 0.15) is 17.2 Å². The molecule has 2 aliphatic heterocycles. The van der Waals surface area contributed by atoms with Gasteiger partial charge in [0, 0.05) is 25.2 Å². The van der Waals surface area contributed by atoms with Gasteiger partial charge < -0.3 is 24.8 Å². The molecule has 0 saturated carbocycles. The summed E-state index contributed by atoms with van der Waals surface area (Å²) in [6.07, 6.45) is 1.60. The minimum atomic E-state index is -0.116. The summed E-state index contributed by atoms with van der Waals surface area (Å²) in [7, 11) is 0. The van der Waals surface area contributed by atoms with Crippen molar-refractivity contribution in [3.8, 4) is 17.2 Å². The Labute approximate surface area is 176 Å². The third-order valence-corrected chi connectivity index (χ3v) is 5.57. The molecule has 0 radical (unpaired) electrons. The molecule has 0 aromatic heterocycles. The lowest BCUT2D eigenvalue weighted by Gasteiger charge is -2.30. The topological polar surface area (TPSA) is 78.4 Å². The van der Waals surface area contributed by atoms with Gasteiger partial charge in [0.05, 0.1) is 13.2 Å². The van der Waals surface area contributed by atoms with E-state index >= 15 is 0 Å². The van der Waals surface area contributed by atoms with Crippen LogP contribution in [-0.4, -0.2) is 43.5 Å². The monoisotopic (exact) mass is 405 g/mol. The van der Waals surface area contributed by atoms with Crippen molar-refractivity contribution in [1.29, 1.82) is 0 Å². The molecule has 154 valence electrons. The SMILES string of the molecule is [C-]#[N+]c1ccc(Oc2ccc3c(c2)COB3C)cc1OCC(=O)N1CCC(N)CC1. The number of carbonyl (C=O) groups is 1. The number of hydrogen-bond donors (Lipinski definition) is 1. The summed E-state index contributed by atoms with van der Waals surface area (Å²) < 4.78 is 17.3. The molecule has 2 N–H and O–H groups in total. The first-order chi connectivity index (χ1) is 14.5. The standard InChI is InChI=1S/C22H24BN3O4/c1-23-19-5-3-17(11-15(19)13-29-23)30-18-4-6-20(25-2)21(12-18)28-14-22(27)26-9-7-16(24)8-10-26/h3-6,11-12,16H,7-10,13-14,24H2,1H3. The Morgan fingerprint density at radius 3 is 2.77 bits per heavy atom. The van der Waals surface area contributed by atoms with E-state index < -0.39 is 0 Å². The molecule has 0 aliphatic carbocycles. The van der Waals surface area contributed by atoms with Crippen LogP contribution in [0.25, 0.3) is 4.85 Å². The molecule has 2 heterocycles. The number of carbonyl (C=O) groups excluding carboxylic acids is 1. The fourth-order valence-electron chi connectivity index (χ4n) is 3.75. The zero-order valence-corrected chi connectivity index (χ0v) is 17.0. The molecule has 2 aromatic rings. The molecule has 1 amide bonds. The Morgan fingerprint density at radius 2 is 2.00 bits per heavy atom. The predicted molar refractivity (Wildman–Crippen MR) is 115 cm³/mol. The molecular weight excluding hydrogens is 381 g/mol. The van der Waals surface area contributed by atoms with Crippen molar-refractivity contribution in [3.05, 3.63) is 53.4 Å². The molecule has 2 aromatic carbocycles. The number of benzene rings is 2. The third kappa shape index (κ3) is 4.43. The Hall–Kier alpha value is -3.02. The quantitative estimate of drug-likeness (QED) is 0.612. The summed E-state index contributed by atoms with van der Waals surface area (Å²) in [5.41, 5.74) is 8.52. The van der Waals surface area contributed by atoms with Gasteiger partial charge in [-0.1, -0.05) is 12.9 Å². The average Bonchev–Trinajstić information content (AvgIpc) is 3.13. The van der Waals surface area contributed by atoms with Gasteiger partial charge in [0.15, 0.2) is 6.61 Å². The molecule has 2 aliphatic rings. The molecule has 30 heavy (non-hydrogen) atoms. The number of likely N-dealkylation sites (tertiary alicyclic amines) is 1. The Bertz CT molecular complexity index is 983. The maximum Gasteiger partial charge on any atom is 0.324 e. The van der Waals surface area contributed by atoms with E-state index in [-0.39, 0.29) is 25.5 Å². The minimum absolute atomic E-state index is 0.0974. The molecular formula is C22H24BN3O4. The first-order valence-electron chi connectivity index (χ1n) is 10.1. The molecule has 4 rings (SSSR count). The predicted octanol–water partition coefficient (Wildman–Crippen LogP) is 2.72. The lowest BCUT2D eigenvalue weighted by molar-refractivity contribution is -0.134. The van der Waals surface area contributed by atoms with Crippen molar-refractivity contribution < 1.29 is 18.9 Å². The van der Waals surface area contributed by atoms with Crippen LogP contribution in [0.4, 0.5) is 5.69 Å². The second-order valence-electron chi connectivity index (χ2n) is 7.66. The van der Waals surface area contributed by atoms with Gasteiger partial charge in [0.25, 0.3) is 5.91 Å². The summed E-state index contributed by atoms with van der Waals surface area (Å²) in [5, 5.41) is 0. The number of piperidine rings is 1. The lowest BCUT2D eigenvalue weighted by Crippen LogP contribution is -2.44. The summed E-state index contributed by atoms with van der Waals surface area (Å²) in [4.78, 5) is 17.7. The first kappa shape index (κ1) is 20.3. The number of amides is 1. The van der Waals surface area contributed by atoms with Crippen molar-refractivity contribution in [3.63, 3.8) is 0 Å². The van der Waals surface area contributed by atoms with Gasteiger partial charge in [-0.25, -0.2) is 4.85 Å². The van der Waals surface area contributed by atoms with E-state index in [1.165, 1.54) is 5.46 Å². The molecule has 1 saturated heterocycles. The Morgan fingerprint density at radius 1 is 1.27 bits per heavy atom. The van der Waals surface area contributed by atoms with Gasteiger partial charge in [-0.05, 0) is 48.1 Å². The number of ether oxygens (including phenoxy) is 2. The van der Waals surface area contributed by atoms with Crippen LogP contribution in [0.5, 0.6) is 17.2 Å². The van der Waals surface area contributed by atoms with Crippen LogP contribution < -0.4 is 20.7 Å². The van der Waals surface area contributed by atoms with Crippen LogP contribution in [0.3, 0.4) is 0 Å². The number of rotatable bonds is 5. The fourth-order valence-corrected chi connectivity index (χ4v) is 3.75. The van der Waals surface area contributed by atoms with Gasteiger partial charge in [-0.3, -0.25) is 4.79 Å². The smallest absolute Gasteiger partial charge is 0.324 e.